The Balaban J connectivity index is 1.16. The molecule has 8 rings (SSSR count). The second kappa shape index (κ2) is 15.7. The SMILES string of the molecule is CN1CC/C=C\C(OCCN2CC(F)(F)C2)C2CCC2CN2CC3(CCCc4cc(Cl)ccc43)COc3ccc(cc32)C(O)(C(=O)NS(=O)(=O)N2CCC2)CC1=O. The third kappa shape index (κ3) is 8.16. The van der Waals surface area contributed by atoms with E-state index in [4.69, 9.17) is 21.1 Å². The molecule has 2 saturated heterocycles. The number of carbonyl (C=O) groups is 2. The van der Waals surface area contributed by atoms with Gasteiger partial charge in [-0.15, -0.1) is 0 Å². The Bertz CT molecular complexity index is 2010. The van der Waals surface area contributed by atoms with Crippen molar-refractivity contribution in [3.05, 3.63) is 70.3 Å². The smallest absolute Gasteiger partial charge is 0.303 e. The van der Waals surface area contributed by atoms with Crippen molar-refractivity contribution in [2.45, 2.75) is 74.4 Å². The Kier molecular flexibility index (Phi) is 11.1. The van der Waals surface area contributed by atoms with Crippen molar-refractivity contribution < 1.29 is 41.4 Å². The van der Waals surface area contributed by atoms with Crippen LogP contribution < -0.4 is 14.4 Å². The maximum atomic E-state index is 14.1. The summed E-state index contributed by atoms with van der Waals surface area (Å²) in [6.45, 7) is 2.51. The van der Waals surface area contributed by atoms with Crippen LogP contribution in [0.2, 0.25) is 5.02 Å². The summed E-state index contributed by atoms with van der Waals surface area (Å²) in [5.74, 6) is -3.54. The van der Waals surface area contributed by atoms with Gasteiger partial charge in [0, 0.05) is 56.8 Å². The van der Waals surface area contributed by atoms with Gasteiger partial charge < -0.3 is 24.4 Å². The zero-order valence-electron chi connectivity index (χ0n) is 32.3. The molecule has 1 spiro atoms. The van der Waals surface area contributed by atoms with E-state index in [0.29, 0.717) is 62.1 Å². The molecular weight excluding hydrogens is 780 g/mol. The highest BCUT2D eigenvalue weighted by molar-refractivity contribution is 7.87. The standard InChI is InChI=1S/C41H52ClF2N5O7S/c1-46-15-3-2-7-35(55-19-18-47-25-40(43,44)26-47)32-11-8-29(32)23-48-24-39(14-4-6-28-20-31(42)10-12-33(28)39)27-56-36-13-9-30(21-34(36)48)41(52,22-37(46)50)38(51)45-57(53,54)49-16-5-17-49/h2,7,9-10,12-13,20-21,29,32,35,52H,3-6,8,11,14-19,22-27H2,1H3,(H,45,51)/b7-2-. The van der Waals surface area contributed by atoms with Gasteiger partial charge in [-0.25, -0.2) is 13.5 Å². The molecule has 1 saturated carbocycles. The van der Waals surface area contributed by atoms with Crippen LogP contribution in [0.15, 0.2) is 48.6 Å². The molecule has 2 aromatic rings. The van der Waals surface area contributed by atoms with Gasteiger partial charge in [-0.1, -0.05) is 35.9 Å². The van der Waals surface area contributed by atoms with Crippen LogP contribution in [-0.2, 0) is 42.0 Å². The Morgan fingerprint density at radius 1 is 1.09 bits per heavy atom. The summed E-state index contributed by atoms with van der Waals surface area (Å²) in [5, 5.41) is 13.1. The number of halogens is 3. The summed E-state index contributed by atoms with van der Waals surface area (Å²) in [6, 6.07) is 11.0. The van der Waals surface area contributed by atoms with E-state index < -0.39 is 45.4 Å². The van der Waals surface area contributed by atoms with Crippen LogP contribution in [0.1, 0.15) is 61.6 Å². The minimum absolute atomic E-state index is 0.0783. The van der Waals surface area contributed by atoms with Crippen molar-refractivity contribution in [2.24, 2.45) is 11.8 Å². The van der Waals surface area contributed by atoms with E-state index in [0.717, 1.165) is 36.4 Å². The van der Waals surface area contributed by atoms with E-state index in [2.05, 4.69) is 15.7 Å². The van der Waals surface area contributed by atoms with E-state index >= 15 is 0 Å². The number of aliphatic hydroxyl groups is 1. The lowest BCUT2D eigenvalue weighted by Gasteiger charge is -2.46. The zero-order valence-corrected chi connectivity index (χ0v) is 33.9. The number of hydrogen-bond donors (Lipinski definition) is 2. The molecule has 2 amide bonds. The number of rotatable bonds is 7. The van der Waals surface area contributed by atoms with Crippen LogP contribution in [0, 0.1) is 11.8 Å². The molecular formula is C41H52ClF2N5O7S. The first-order chi connectivity index (χ1) is 27.1. The summed E-state index contributed by atoms with van der Waals surface area (Å²) < 4.78 is 69.8. The highest BCUT2D eigenvalue weighted by Crippen LogP contribution is 2.48. The summed E-state index contributed by atoms with van der Waals surface area (Å²) in [4.78, 5) is 33.3. The van der Waals surface area contributed by atoms with E-state index in [1.807, 2.05) is 24.3 Å². The van der Waals surface area contributed by atoms with Crippen LogP contribution in [-0.4, -0.2) is 124 Å². The molecule has 4 heterocycles. The number of carbonyl (C=O) groups excluding carboxylic acids is 2. The third-order valence-electron chi connectivity index (χ3n) is 13.0. The zero-order chi connectivity index (χ0) is 40.2. The summed E-state index contributed by atoms with van der Waals surface area (Å²) in [6.07, 6.45) is 8.68. The highest BCUT2D eigenvalue weighted by atomic mass is 35.5. The number of alkyl halides is 2. The number of hydrogen-bond acceptors (Lipinski definition) is 9. The quantitative estimate of drug-likeness (QED) is 0.394. The fourth-order valence-corrected chi connectivity index (χ4v) is 10.9. The summed E-state index contributed by atoms with van der Waals surface area (Å²) >= 11 is 6.48. The van der Waals surface area contributed by atoms with Crippen LogP contribution >= 0.6 is 11.6 Å². The number of nitrogens with zero attached hydrogens (tertiary/aromatic N) is 4. The molecule has 2 bridgehead atoms. The van der Waals surface area contributed by atoms with Crippen molar-refractivity contribution in [3.63, 3.8) is 0 Å². The van der Waals surface area contributed by atoms with E-state index in [-0.39, 0.29) is 56.2 Å². The van der Waals surface area contributed by atoms with Crippen molar-refractivity contribution in [1.82, 2.24) is 18.8 Å². The molecule has 5 unspecified atom stereocenters. The fraction of sp³-hybridized carbons (Fsp3) is 0.610. The lowest BCUT2D eigenvalue weighted by atomic mass is 9.68. The Hall–Kier alpha value is -3.34. The number of aryl methyl sites for hydroxylation is 1. The van der Waals surface area contributed by atoms with Gasteiger partial charge in [0.05, 0.1) is 44.5 Å². The first kappa shape index (κ1) is 40.4. The summed E-state index contributed by atoms with van der Waals surface area (Å²) in [5.41, 5.74) is 0.111. The van der Waals surface area contributed by atoms with Crippen LogP contribution in [0.4, 0.5) is 14.5 Å². The van der Waals surface area contributed by atoms with Gasteiger partial charge in [-0.05, 0) is 97.7 Å². The van der Waals surface area contributed by atoms with Gasteiger partial charge >= 0.3 is 10.2 Å². The van der Waals surface area contributed by atoms with E-state index in [1.54, 1.807) is 30.1 Å². The predicted molar refractivity (Wildman–Crippen MR) is 211 cm³/mol. The fourth-order valence-electron chi connectivity index (χ4n) is 9.40. The van der Waals surface area contributed by atoms with E-state index in [9.17, 15) is 31.9 Å². The summed E-state index contributed by atoms with van der Waals surface area (Å²) in [7, 11) is -2.67. The normalized spacial score (nSPS) is 31.1. The molecule has 4 aliphatic heterocycles. The number of likely N-dealkylation sites (tertiary alicyclic amines) is 1. The minimum atomic E-state index is -4.25. The molecule has 16 heteroatoms. The van der Waals surface area contributed by atoms with Crippen molar-refractivity contribution in [1.29, 1.82) is 0 Å². The van der Waals surface area contributed by atoms with Crippen LogP contribution in [0.25, 0.3) is 0 Å². The van der Waals surface area contributed by atoms with Crippen LogP contribution in [0.5, 0.6) is 5.75 Å². The molecule has 310 valence electrons. The molecule has 6 aliphatic rings. The molecule has 0 aromatic heterocycles. The predicted octanol–water partition coefficient (Wildman–Crippen LogP) is 4.24. The third-order valence-corrected chi connectivity index (χ3v) is 14.8. The topological polar surface area (TPSA) is 132 Å². The largest absolute Gasteiger partial charge is 0.490 e. The van der Waals surface area contributed by atoms with Crippen molar-refractivity contribution >= 4 is 39.3 Å². The maximum absolute atomic E-state index is 14.1. The molecule has 12 nitrogen and oxygen atoms in total. The molecule has 2 aliphatic carbocycles. The molecule has 2 N–H and O–H groups in total. The maximum Gasteiger partial charge on any atom is 0.303 e. The molecule has 2 aromatic carbocycles. The number of ether oxygens (including phenoxy) is 2. The lowest BCUT2D eigenvalue weighted by Crippen LogP contribution is -2.57. The number of nitrogens with one attached hydrogen (secondary N) is 1. The van der Waals surface area contributed by atoms with Crippen molar-refractivity contribution in [2.75, 3.05) is 77.5 Å². The van der Waals surface area contributed by atoms with Gasteiger partial charge in [0.2, 0.25) is 5.91 Å². The minimum Gasteiger partial charge on any atom is -0.490 e. The second-order valence-electron chi connectivity index (χ2n) is 16.9. The first-order valence-corrected chi connectivity index (χ1v) is 21.9. The van der Waals surface area contributed by atoms with E-state index in [1.165, 1.54) is 16.0 Å². The Labute approximate surface area is 338 Å². The lowest BCUT2D eigenvalue weighted by molar-refractivity contribution is -0.148. The second-order valence-corrected chi connectivity index (χ2v) is 19.1. The number of anilines is 1. The first-order valence-electron chi connectivity index (χ1n) is 20.1. The van der Waals surface area contributed by atoms with Gasteiger partial charge in [0.15, 0.2) is 5.60 Å². The molecule has 57 heavy (non-hydrogen) atoms. The number of amides is 2. The Morgan fingerprint density at radius 2 is 1.89 bits per heavy atom. The van der Waals surface area contributed by atoms with Gasteiger partial charge in [-0.3, -0.25) is 14.5 Å². The van der Waals surface area contributed by atoms with Crippen molar-refractivity contribution in [3.8, 4) is 5.75 Å². The average molecular weight is 832 g/mol. The highest BCUT2D eigenvalue weighted by Gasteiger charge is 2.48. The molecule has 0 radical (unpaired) electrons. The molecule has 5 atom stereocenters. The number of fused-ring (bicyclic) bond motifs is 4. The monoisotopic (exact) mass is 831 g/mol. The molecule has 3 fully saturated rings. The average Bonchev–Trinajstić information content (AvgIpc) is 3.25. The van der Waals surface area contributed by atoms with Gasteiger partial charge in [0.25, 0.3) is 11.8 Å². The van der Waals surface area contributed by atoms with Gasteiger partial charge in [-0.2, -0.15) is 12.7 Å². The van der Waals surface area contributed by atoms with Gasteiger partial charge in [0.1, 0.15) is 5.75 Å². The Morgan fingerprint density at radius 3 is 2.61 bits per heavy atom. The number of benzene rings is 2. The van der Waals surface area contributed by atoms with Crippen LogP contribution in [0.3, 0.4) is 0 Å².